The number of sulfonamides is 1. The molecule has 0 bridgehead atoms. The van der Waals surface area contributed by atoms with Crippen LogP contribution in [-0.2, 0) is 10.0 Å². The fourth-order valence-electron chi connectivity index (χ4n) is 1.42. The van der Waals surface area contributed by atoms with Gasteiger partial charge in [-0.15, -0.1) is 0 Å². The van der Waals surface area contributed by atoms with E-state index in [0.29, 0.717) is 6.42 Å². The van der Waals surface area contributed by atoms with E-state index in [2.05, 4.69) is 0 Å². The van der Waals surface area contributed by atoms with Gasteiger partial charge in [0.25, 0.3) is 0 Å². The molecular formula is C10H14F2N2O2S. The molecular weight excluding hydrogens is 250 g/mol. The predicted octanol–water partition coefficient (Wildman–Crippen LogP) is 1.58. The third kappa shape index (κ3) is 2.73. The Morgan fingerprint density at radius 3 is 2.18 bits per heavy atom. The Morgan fingerprint density at radius 1 is 1.29 bits per heavy atom. The van der Waals surface area contributed by atoms with Crippen molar-refractivity contribution in [2.75, 3.05) is 19.3 Å². The lowest BCUT2D eigenvalue weighted by molar-refractivity contribution is 0.450. The van der Waals surface area contributed by atoms with Crippen molar-refractivity contribution < 1.29 is 17.2 Å². The van der Waals surface area contributed by atoms with Gasteiger partial charge in [-0.05, 0) is 18.6 Å². The number of hydrogen-bond donors (Lipinski definition) is 1. The minimum absolute atomic E-state index is 0.155. The molecule has 7 heteroatoms. The van der Waals surface area contributed by atoms with Crippen molar-refractivity contribution in [1.29, 1.82) is 0 Å². The molecule has 0 unspecified atom stereocenters. The Labute approximate surface area is 99.1 Å². The number of benzene rings is 1. The number of rotatable bonds is 4. The van der Waals surface area contributed by atoms with Gasteiger partial charge in [0.2, 0.25) is 10.0 Å². The number of nitrogen functional groups attached to an aromatic ring is 1. The number of halogens is 2. The molecule has 1 aromatic rings. The van der Waals surface area contributed by atoms with Gasteiger partial charge in [-0.3, -0.25) is 0 Å². The maximum Gasteiger partial charge on any atom is 0.248 e. The summed E-state index contributed by atoms with van der Waals surface area (Å²) in [6.07, 6.45) is 0.550. The SMILES string of the molecule is CCCN(C)S(=O)(=O)c1c(F)cc(N)cc1F. The molecule has 96 valence electrons. The zero-order valence-electron chi connectivity index (χ0n) is 9.57. The van der Waals surface area contributed by atoms with Crippen LogP contribution in [0.1, 0.15) is 13.3 Å². The van der Waals surface area contributed by atoms with Crippen molar-refractivity contribution in [1.82, 2.24) is 4.31 Å². The summed E-state index contributed by atoms with van der Waals surface area (Å²) in [5.74, 6) is -2.35. The van der Waals surface area contributed by atoms with Gasteiger partial charge in [-0.25, -0.2) is 21.5 Å². The van der Waals surface area contributed by atoms with E-state index >= 15 is 0 Å². The maximum absolute atomic E-state index is 13.5. The highest BCUT2D eigenvalue weighted by atomic mass is 32.2. The van der Waals surface area contributed by atoms with Crippen molar-refractivity contribution in [2.24, 2.45) is 0 Å². The average Bonchev–Trinajstić information content (AvgIpc) is 2.15. The predicted molar refractivity (Wildman–Crippen MR) is 60.9 cm³/mol. The van der Waals surface area contributed by atoms with Crippen LogP contribution in [0.3, 0.4) is 0 Å². The van der Waals surface area contributed by atoms with Gasteiger partial charge in [-0.2, -0.15) is 0 Å². The van der Waals surface area contributed by atoms with Crippen LogP contribution >= 0.6 is 0 Å². The lowest BCUT2D eigenvalue weighted by Gasteiger charge is -2.17. The molecule has 1 aromatic carbocycles. The van der Waals surface area contributed by atoms with Gasteiger partial charge in [-0.1, -0.05) is 6.92 Å². The van der Waals surface area contributed by atoms with Crippen LogP contribution in [0.4, 0.5) is 14.5 Å². The van der Waals surface area contributed by atoms with Crippen molar-refractivity contribution in [3.05, 3.63) is 23.8 Å². The maximum atomic E-state index is 13.5. The van der Waals surface area contributed by atoms with Crippen molar-refractivity contribution >= 4 is 15.7 Å². The number of nitrogens with zero attached hydrogens (tertiary/aromatic N) is 1. The quantitative estimate of drug-likeness (QED) is 0.840. The molecule has 0 fully saturated rings. The van der Waals surface area contributed by atoms with Gasteiger partial charge in [0.1, 0.15) is 11.6 Å². The van der Waals surface area contributed by atoms with Crippen LogP contribution in [0.2, 0.25) is 0 Å². The minimum atomic E-state index is -4.15. The van der Waals surface area contributed by atoms with Crippen molar-refractivity contribution in [3.8, 4) is 0 Å². The summed E-state index contributed by atoms with van der Waals surface area (Å²) in [6, 6.07) is 1.57. The Morgan fingerprint density at radius 2 is 1.76 bits per heavy atom. The second-order valence-corrected chi connectivity index (χ2v) is 5.62. The Bertz CT molecular complexity index is 494. The van der Waals surface area contributed by atoms with Crippen molar-refractivity contribution in [2.45, 2.75) is 18.2 Å². The largest absolute Gasteiger partial charge is 0.399 e. The molecule has 0 atom stereocenters. The monoisotopic (exact) mass is 264 g/mol. The Kier molecular flexibility index (Phi) is 4.05. The average molecular weight is 264 g/mol. The van der Waals surface area contributed by atoms with E-state index in [1.807, 2.05) is 0 Å². The first-order chi connectivity index (χ1) is 7.80. The number of hydrogen-bond acceptors (Lipinski definition) is 3. The summed E-state index contributed by atoms with van der Waals surface area (Å²) < 4.78 is 51.6. The zero-order chi connectivity index (χ0) is 13.2. The highest BCUT2D eigenvalue weighted by Gasteiger charge is 2.28. The first-order valence-electron chi connectivity index (χ1n) is 5.01. The van der Waals surface area contributed by atoms with Gasteiger partial charge < -0.3 is 5.73 Å². The lowest BCUT2D eigenvalue weighted by Crippen LogP contribution is -2.29. The number of nitrogens with two attached hydrogens (primary N) is 1. The Balaban J connectivity index is 3.34. The summed E-state index contributed by atoms with van der Waals surface area (Å²) >= 11 is 0. The van der Waals surface area contributed by atoms with Crippen LogP contribution < -0.4 is 5.73 Å². The molecule has 0 saturated heterocycles. The molecule has 2 N–H and O–H groups in total. The fraction of sp³-hybridized carbons (Fsp3) is 0.400. The summed E-state index contributed by atoms with van der Waals surface area (Å²) in [6.45, 7) is 1.95. The molecule has 1 rings (SSSR count). The summed E-state index contributed by atoms with van der Waals surface area (Å²) in [5, 5.41) is 0. The second kappa shape index (κ2) is 4.97. The third-order valence-corrected chi connectivity index (χ3v) is 4.14. The second-order valence-electron chi connectivity index (χ2n) is 3.64. The first kappa shape index (κ1) is 13.9. The van der Waals surface area contributed by atoms with Gasteiger partial charge in [0.05, 0.1) is 0 Å². The summed E-state index contributed by atoms with van der Waals surface area (Å²) in [7, 11) is -2.88. The smallest absolute Gasteiger partial charge is 0.248 e. The van der Waals surface area contributed by atoms with E-state index in [4.69, 9.17) is 5.73 Å². The van der Waals surface area contributed by atoms with Crippen molar-refractivity contribution in [3.63, 3.8) is 0 Å². The molecule has 0 saturated carbocycles. The van der Waals surface area contributed by atoms with Crippen LogP contribution in [0, 0.1) is 11.6 Å². The molecule has 0 aliphatic heterocycles. The third-order valence-electron chi connectivity index (χ3n) is 2.23. The van der Waals surface area contributed by atoms with Crippen LogP contribution in [0.25, 0.3) is 0 Å². The zero-order valence-corrected chi connectivity index (χ0v) is 10.4. The standard InChI is InChI=1S/C10H14F2N2O2S/c1-3-4-14(2)17(15,16)10-8(11)5-7(13)6-9(10)12/h5-6H,3-4,13H2,1-2H3. The highest BCUT2D eigenvalue weighted by molar-refractivity contribution is 7.89. The normalized spacial score (nSPS) is 12.1. The van der Waals surface area contributed by atoms with E-state index in [9.17, 15) is 17.2 Å². The topological polar surface area (TPSA) is 63.4 Å². The van der Waals surface area contributed by atoms with Crippen LogP contribution in [-0.4, -0.2) is 26.3 Å². The molecule has 0 aromatic heterocycles. The fourth-order valence-corrected chi connectivity index (χ4v) is 2.76. The van der Waals surface area contributed by atoms with Crippen LogP contribution in [0.5, 0.6) is 0 Å². The van der Waals surface area contributed by atoms with Gasteiger partial charge >= 0.3 is 0 Å². The van der Waals surface area contributed by atoms with Gasteiger partial charge in [0, 0.05) is 19.3 Å². The van der Waals surface area contributed by atoms with E-state index in [0.717, 1.165) is 16.4 Å². The lowest BCUT2D eigenvalue weighted by atomic mass is 10.3. The van der Waals surface area contributed by atoms with E-state index < -0.39 is 26.6 Å². The molecule has 17 heavy (non-hydrogen) atoms. The molecule has 0 aliphatic rings. The molecule has 0 radical (unpaired) electrons. The summed E-state index contributed by atoms with van der Waals surface area (Å²) in [5.41, 5.74) is 5.06. The van der Waals surface area contributed by atoms with E-state index in [1.165, 1.54) is 7.05 Å². The minimum Gasteiger partial charge on any atom is -0.399 e. The van der Waals surface area contributed by atoms with Crippen LogP contribution in [0.15, 0.2) is 17.0 Å². The number of anilines is 1. The molecule has 0 spiro atoms. The van der Waals surface area contributed by atoms with E-state index in [-0.39, 0.29) is 12.2 Å². The highest BCUT2D eigenvalue weighted by Crippen LogP contribution is 2.24. The summed E-state index contributed by atoms with van der Waals surface area (Å²) in [4.78, 5) is -0.956. The van der Waals surface area contributed by atoms with Gasteiger partial charge in [0.15, 0.2) is 4.90 Å². The Hall–Kier alpha value is -1.21. The molecule has 0 heterocycles. The first-order valence-corrected chi connectivity index (χ1v) is 6.45. The molecule has 0 aliphatic carbocycles. The van der Waals surface area contributed by atoms with E-state index in [1.54, 1.807) is 6.92 Å². The molecule has 0 amide bonds. The molecule has 4 nitrogen and oxygen atoms in total.